The molecule has 3 aromatic heterocycles. The lowest BCUT2D eigenvalue weighted by atomic mass is 9.83. The van der Waals surface area contributed by atoms with E-state index in [1.165, 1.54) is 58.9 Å². The van der Waals surface area contributed by atoms with E-state index >= 15 is 0 Å². The molecule has 1 aliphatic rings. The minimum atomic E-state index is 0.616. The standard InChI is InChI=1S/C51H31N3OS/c1-2-11-31(12-3-1)49-52-50(40-15-8-18-44-47(40)39-14-6-7-17-43(39)55-44)54-51(53-49)41-16-9-19-46-48(41)42-29-33(23-27-45(42)56-46)32-21-24-36-34(28-32)22-26-37-35-13-5-4-10-30(35)20-25-38(36)37/h1-19,21-24,26-29H,20,25H2. The van der Waals surface area contributed by atoms with Crippen molar-refractivity contribution in [2.24, 2.45) is 0 Å². The lowest BCUT2D eigenvalue weighted by Crippen LogP contribution is -2.04. The van der Waals surface area contributed by atoms with Crippen LogP contribution in [0.25, 0.3) is 109 Å². The molecule has 5 heteroatoms. The highest BCUT2D eigenvalue weighted by Crippen LogP contribution is 2.43. The molecule has 0 saturated carbocycles. The van der Waals surface area contributed by atoms with Crippen molar-refractivity contribution in [3.05, 3.63) is 175 Å². The first-order valence-corrected chi connectivity index (χ1v) is 19.9. The van der Waals surface area contributed by atoms with Crippen molar-refractivity contribution in [3.8, 4) is 56.4 Å². The van der Waals surface area contributed by atoms with Crippen LogP contribution in [0.1, 0.15) is 11.1 Å². The zero-order valence-electron chi connectivity index (χ0n) is 30.2. The number of para-hydroxylation sites is 1. The van der Waals surface area contributed by atoms with Gasteiger partial charge in [0, 0.05) is 47.6 Å². The average Bonchev–Trinajstić information content (AvgIpc) is 3.84. The van der Waals surface area contributed by atoms with Crippen LogP contribution in [0.4, 0.5) is 0 Å². The predicted octanol–water partition coefficient (Wildman–Crippen LogP) is 13.7. The van der Waals surface area contributed by atoms with Gasteiger partial charge in [0.15, 0.2) is 17.5 Å². The summed E-state index contributed by atoms with van der Waals surface area (Å²) in [5.74, 6) is 1.89. The van der Waals surface area contributed by atoms with E-state index in [0.717, 1.165) is 56.9 Å². The maximum absolute atomic E-state index is 6.28. The quantitative estimate of drug-likeness (QED) is 0.181. The van der Waals surface area contributed by atoms with Gasteiger partial charge in [-0.2, -0.15) is 0 Å². The first kappa shape index (κ1) is 31.4. The van der Waals surface area contributed by atoms with E-state index < -0.39 is 0 Å². The average molecular weight is 734 g/mol. The fraction of sp³-hybridized carbons (Fsp3) is 0.0392. The number of furan rings is 1. The highest BCUT2D eigenvalue weighted by Gasteiger charge is 2.21. The Bertz CT molecular complexity index is 3380. The molecule has 0 saturated heterocycles. The summed E-state index contributed by atoms with van der Waals surface area (Å²) in [4.78, 5) is 15.6. The Labute approximate surface area is 326 Å². The second-order valence-electron chi connectivity index (χ2n) is 14.6. The van der Waals surface area contributed by atoms with Gasteiger partial charge in [0.25, 0.3) is 0 Å². The predicted molar refractivity (Wildman–Crippen MR) is 232 cm³/mol. The number of thiophene rings is 1. The minimum Gasteiger partial charge on any atom is -0.456 e. The van der Waals surface area contributed by atoms with Gasteiger partial charge in [-0.15, -0.1) is 11.3 Å². The van der Waals surface area contributed by atoms with Gasteiger partial charge in [-0.3, -0.25) is 0 Å². The summed E-state index contributed by atoms with van der Waals surface area (Å²) in [6.45, 7) is 0. The number of aromatic nitrogens is 3. The third-order valence-corrected chi connectivity index (χ3v) is 12.6. The molecule has 262 valence electrons. The molecule has 4 nitrogen and oxygen atoms in total. The Kier molecular flexibility index (Phi) is 6.89. The van der Waals surface area contributed by atoms with Crippen molar-refractivity contribution in [2.45, 2.75) is 12.8 Å². The van der Waals surface area contributed by atoms with Gasteiger partial charge in [-0.1, -0.05) is 127 Å². The highest BCUT2D eigenvalue weighted by atomic mass is 32.1. The first-order chi connectivity index (χ1) is 27.7. The molecule has 3 heterocycles. The monoisotopic (exact) mass is 733 g/mol. The highest BCUT2D eigenvalue weighted by molar-refractivity contribution is 7.26. The van der Waals surface area contributed by atoms with E-state index in [4.69, 9.17) is 19.4 Å². The Morgan fingerprint density at radius 3 is 2.04 bits per heavy atom. The second kappa shape index (κ2) is 12.3. The largest absolute Gasteiger partial charge is 0.456 e. The maximum Gasteiger partial charge on any atom is 0.164 e. The fourth-order valence-corrected chi connectivity index (χ4v) is 9.96. The van der Waals surface area contributed by atoms with Gasteiger partial charge in [-0.25, -0.2) is 15.0 Å². The number of benzene rings is 8. The van der Waals surface area contributed by atoms with Crippen molar-refractivity contribution in [1.29, 1.82) is 0 Å². The zero-order valence-corrected chi connectivity index (χ0v) is 31.0. The van der Waals surface area contributed by atoms with Crippen LogP contribution < -0.4 is 0 Å². The topological polar surface area (TPSA) is 51.8 Å². The lowest BCUT2D eigenvalue weighted by Gasteiger charge is -2.21. The molecule has 0 atom stereocenters. The van der Waals surface area contributed by atoms with E-state index in [1.54, 1.807) is 0 Å². The molecule has 56 heavy (non-hydrogen) atoms. The molecule has 0 spiro atoms. The van der Waals surface area contributed by atoms with Crippen LogP contribution >= 0.6 is 11.3 Å². The number of hydrogen-bond acceptors (Lipinski definition) is 5. The molecular weight excluding hydrogens is 703 g/mol. The first-order valence-electron chi connectivity index (χ1n) is 19.1. The summed E-state index contributed by atoms with van der Waals surface area (Å²) in [7, 11) is 0. The summed E-state index contributed by atoms with van der Waals surface area (Å²) in [5.41, 5.74) is 12.5. The van der Waals surface area contributed by atoms with Crippen LogP contribution in [-0.2, 0) is 12.8 Å². The van der Waals surface area contributed by atoms with Gasteiger partial charge in [0.05, 0.1) is 0 Å². The van der Waals surface area contributed by atoms with Crippen LogP contribution in [0.2, 0.25) is 0 Å². The molecule has 0 radical (unpaired) electrons. The number of fused-ring (bicyclic) bond motifs is 11. The molecule has 0 aliphatic heterocycles. The minimum absolute atomic E-state index is 0.616. The van der Waals surface area contributed by atoms with Crippen LogP contribution in [0, 0.1) is 0 Å². The van der Waals surface area contributed by atoms with Crippen molar-refractivity contribution in [2.75, 3.05) is 0 Å². The second-order valence-corrected chi connectivity index (χ2v) is 15.7. The Morgan fingerprint density at radius 1 is 0.411 bits per heavy atom. The van der Waals surface area contributed by atoms with Gasteiger partial charge in [0.2, 0.25) is 0 Å². The van der Waals surface area contributed by atoms with E-state index in [0.29, 0.717) is 17.5 Å². The van der Waals surface area contributed by atoms with E-state index in [-0.39, 0.29) is 0 Å². The number of hydrogen-bond donors (Lipinski definition) is 0. The van der Waals surface area contributed by atoms with Crippen LogP contribution in [0.3, 0.4) is 0 Å². The SMILES string of the molecule is c1ccc(-c2nc(-c3cccc4oc5ccccc5c34)nc(-c3cccc4sc5ccc(-c6ccc7c8c(ccc7c6)-c6ccccc6CC8)cc5c34)n2)cc1. The van der Waals surface area contributed by atoms with Crippen LogP contribution in [0.15, 0.2) is 168 Å². The molecular formula is C51H31N3OS. The molecule has 0 bridgehead atoms. The lowest BCUT2D eigenvalue weighted by molar-refractivity contribution is 0.669. The van der Waals surface area contributed by atoms with Gasteiger partial charge in [0.1, 0.15) is 11.2 Å². The normalized spacial score (nSPS) is 12.5. The summed E-state index contributed by atoms with van der Waals surface area (Å²) in [6, 6.07) is 58.3. The van der Waals surface area contributed by atoms with Crippen LogP contribution in [0.5, 0.6) is 0 Å². The number of nitrogens with zero attached hydrogens (tertiary/aromatic N) is 3. The Hall–Kier alpha value is -6.95. The van der Waals surface area contributed by atoms with Crippen molar-refractivity contribution < 1.29 is 4.42 Å². The molecule has 8 aromatic carbocycles. The smallest absolute Gasteiger partial charge is 0.164 e. The van der Waals surface area contributed by atoms with Gasteiger partial charge >= 0.3 is 0 Å². The van der Waals surface area contributed by atoms with Crippen molar-refractivity contribution in [1.82, 2.24) is 15.0 Å². The van der Waals surface area contributed by atoms with Gasteiger partial charge < -0.3 is 4.42 Å². The fourth-order valence-electron chi connectivity index (χ4n) is 8.84. The van der Waals surface area contributed by atoms with Crippen LogP contribution in [-0.4, -0.2) is 15.0 Å². The molecule has 11 aromatic rings. The van der Waals surface area contributed by atoms with Crippen molar-refractivity contribution >= 4 is 64.2 Å². The molecule has 0 fully saturated rings. The molecule has 0 amide bonds. The number of rotatable bonds is 4. The zero-order chi connectivity index (χ0) is 36.7. The van der Waals surface area contributed by atoms with E-state index in [9.17, 15) is 0 Å². The summed E-state index contributed by atoms with van der Waals surface area (Å²) in [6.07, 6.45) is 2.15. The molecule has 0 N–H and O–H groups in total. The van der Waals surface area contributed by atoms with E-state index in [1.807, 2.05) is 59.9 Å². The summed E-state index contributed by atoms with van der Waals surface area (Å²) < 4.78 is 8.71. The maximum atomic E-state index is 6.28. The molecule has 12 rings (SSSR count). The number of aryl methyl sites for hydroxylation is 2. The molecule has 1 aliphatic carbocycles. The van der Waals surface area contributed by atoms with Crippen molar-refractivity contribution in [3.63, 3.8) is 0 Å². The Balaban J connectivity index is 1.03. The third kappa shape index (κ3) is 4.88. The van der Waals surface area contributed by atoms with E-state index in [2.05, 4.69) is 115 Å². The molecule has 0 unspecified atom stereocenters. The third-order valence-electron chi connectivity index (χ3n) is 11.5. The van der Waals surface area contributed by atoms with Gasteiger partial charge in [-0.05, 0) is 93.4 Å². The summed E-state index contributed by atoms with van der Waals surface area (Å²) >= 11 is 1.81. The Morgan fingerprint density at radius 2 is 1.12 bits per heavy atom. The summed E-state index contributed by atoms with van der Waals surface area (Å²) in [5, 5.41) is 7.03.